The molecule has 3 heterocycles. The highest BCUT2D eigenvalue weighted by atomic mass is 16.3. The van der Waals surface area contributed by atoms with Crippen LogP contribution in [-0.4, -0.2) is 48.7 Å². The molecule has 0 aliphatic carbocycles. The Morgan fingerprint density at radius 2 is 1.90 bits per heavy atom. The van der Waals surface area contributed by atoms with Gasteiger partial charge in [-0.2, -0.15) is 0 Å². The first-order valence-corrected chi connectivity index (χ1v) is 10.9. The van der Waals surface area contributed by atoms with Gasteiger partial charge in [-0.25, -0.2) is 4.99 Å². The highest BCUT2D eigenvalue weighted by Gasteiger charge is 2.28. The Kier molecular flexibility index (Phi) is 7.26. The van der Waals surface area contributed by atoms with E-state index in [-0.39, 0.29) is 12.6 Å². The van der Waals surface area contributed by atoms with Crippen LogP contribution < -0.4 is 10.6 Å². The molecule has 166 valence electrons. The summed E-state index contributed by atoms with van der Waals surface area (Å²) >= 11 is 0. The normalized spacial score (nSPS) is 18.4. The molecule has 30 heavy (non-hydrogen) atoms. The summed E-state index contributed by atoms with van der Waals surface area (Å²) in [5.74, 6) is 4.11. The lowest BCUT2D eigenvalue weighted by Gasteiger charge is -2.27. The minimum atomic E-state index is -1.10. The number of aliphatic hydroxyl groups is 1. The van der Waals surface area contributed by atoms with Crippen molar-refractivity contribution in [3.05, 3.63) is 46.8 Å². The predicted molar refractivity (Wildman–Crippen MR) is 119 cm³/mol. The van der Waals surface area contributed by atoms with Gasteiger partial charge in [0.15, 0.2) is 5.96 Å². The van der Waals surface area contributed by atoms with Crippen molar-refractivity contribution in [3.8, 4) is 0 Å². The molecule has 1 saturated heterocycles. The number of aryl methyl sites for hydroxylation is 3. The van der Waals surface area contributed by atoms with Crippen LogP contribution in [0.1, 0.15) is 61.3 Å². The van der Waals surface area contributed by atoms with Crippen LogP contribution in [0.2, 0.25) is 0 Å². The number of guanidine groups is 1. The molecular formula is C23H36N4O3. The molecule has 1 fully saturated rings. The molecule has 0 bridgehead atoms. The molecule has 7 heteroatoms. The van der Waals surface area contributed by atoms with Crippen molar-refractivity contribution in [3.63, 3.8) is 0 Å². The molecule has 0 aromatic carbocycles. The Bertz CT molecular complexity index is 847. The largest absolute Gasteiger partial charge is 0.466 e. The molecule has 2 atom stereocenters. The van der Waals surface area contributed by atoms with E-state index in [0.29, 0.717) is 12.5 Å². The van der Waals surface area contributed by atoms with Crippen molar-refractivity contribution in [1.82, 2.24) is 15.5 Å². The second-order valence-corrected chi connectivity index (χ2v) is 8.38. The van der Waals surface area contributed by atoms with E-state index in [2.05, 4.69) is 26.6 Å². The van der Waals surface area contributed by atoms with Gasteiger partial charge in [0, 0.05) is 18.7 Å². The van der Waals surface area contributed by atoms with E-state index in [1.165, 1.54) is 12.8 Å². The van der Waals surface area contributed by atoms with Crippen LogP contribution in [-0.2, 0) is 5.60 Å². The summed E-state index contributed by atoms with van der Waals surface area (Å²) < 4.78 is 11.5. The molecule has 3 N–H and O–H groups in total. The van der Waals surface area contributed by atoms with Crippen molar-refractivity contribution in [1.29, 1.82) is 0 Å². The minimum Gasteiger partial charge on any atom is -0.466 e. The first kappa shape index (κ1) is 22.4. The van der Waals surface area contributed by atoms with Gasteiger partial charge in [0.05, 0.1) is 12.6 Å². The molecule has 2 aromatic rings. The number of aliphatic imine (C=N–C) groups is 1. The zero-order valence-corrected chi connectivity index (χ0v) is 18.9. The first-order chi connectivity index (χ1) is 14.3. The summed E-state index contributed by atoms with van der Waals surface area (Å²) in [7, 11) is 0. The second-order valence-electron chi connectivity index (χ2n) is 8.38. The lowest BCUT2D eigenvalue weighted by Crippen LogP contribution is -2.43. The van der Waals surface area contributed by atoms with Crippen LogP contribution >= 0.6 is 0 Å². The molecule has 2 unspecified atom stereocenters. The molecule has 0 spiro atoms. The Morgan fingerprint density at radius 3 is 2.47 bits per heavy atom. The topological polar surface area (TPSA) is 86.2 Å². The molecule has 0 amide bonds. The van der Waals surface area contributed by atoms with Crippen LogP contribution in [0.3, 0.4) is 0 Å². The Hall–Kier alpha value is -2.25. The molecule has 0 saturated carbocycles. The fourth-order valence-electron chi connectivity index (χ4n) is 4.11. The number of likely N-dealkylation sites (tertiary alicyclic amines) is 1. The monoisotopic (exact) mass is 416 g/mol. The number of nitrogens with one attached hydrogen (secondary N) is 2. The van der Waals surface area contributed by atoms with Gasteiger partial charge in [-0.1, -0.05) is 0 Å². The van der Waals surface area contributed by atoms with Gasteiger partial charge >= 0.3 is 0 Å². The lowest BCUT2D eigenvalue weighted by molar-refractivity contribution is 0.0656. The van der Waals surface area contributed by atoms with E-state index in [9.17, 15) is 5.11 Å². The highest BCUT2D eigenvalue weighted by Crippen LogP contribution is 2.28. The number of furan rings is 2. The lowest BCUT2D eigenvalue weighted by atomic mass is 9.96. The van der Waals surface area contributed by atoms with Crippen molar-refractivity contribution in [2.75, 3.05) is 32.7 Å². The average molecular weight is 417 g/mol. The molecule has 0 radical (unpaired) electrons. The van der Waals surface area contributed by atoms with Crippen LogP contribution in [0.25, 0.3) is 0 Å². The van der Waals surface area contributed by atoms with Crippen molar-refractivity contribution in [2.45, 2.75) is 59.1 Å². The van der Waals surface area contributed by atoms with Crippen LogP contribution in [0.4, 0.5) is 0 Å². The van der Waals surface area contributed by atoms with E-state index in [4.69, 9.17) is 8.83 Å². The number of nitrogens with zero attached hydrogens (tertiary/aromatic N) is 2. The molecule has 2 aromatic heterocycles. The Balaban J connectivity index is 1.71. The molecule has 3 rings (SSSR count). The average Bonchev–Trinajstić information content (AvgIpc) is 3.42. The third-order valence-electron chi connectivity index (χ3n) is 5.64. The third kappa shape index (κ3) is 5.46. The molecule has 1 aliphatic rings. The quantitative estimate of drug-likeness (QED) is 0.452. The molecule has 7 nitrogen and oxygen atoms in total. The summed E-state index contributed by atoms with van der Waals surface area (Å²) in [4.78, 5) is 7.12. The summed E-state index contributed by atoms with van der Waals surface area (Å²) in [6.07, 6.45) is 2.44. The fraction of sp³-hybridized carbons (Fsp3) is 0.609. The van der Waals surface area contributed by atoms with Gasteiger partial charge in [0.25, 0.3) is 0 Å². The van der Waals surface area contributed by atoms with E-state index in [1.54, 1.807) is 6.92 Å². The van der Waals surface area contributed by atoms with Gasteiger partial charge < -0.3 is 24.6 Å². The standard InChI is InChI=1S/C23H36N4O3/c1-6-24-22(26-15-23(5,28)19-13-17(3)29-18(19)4)25-14-20(27-11-7-8-12-27)21-10-9-16(2)30-21/h9-10,13,20,28H,6-8,11-12,14-15H2,1-5H3,(H2,24,25,26). The van der Waals surface area contributed by atoms with Gasteiger partial charge in [-0.15, -0.1) is 0 Å². The van der Waals surface area contributed by atoms with Crippen molar-refractivity contribution < 1.29 is 13.9 Å². The zero-order chi connectivity index (χ0) is 21.7. The summed E-state index contributed by atoms with van der Waals surface area (Å²) in [6, 6.07) is 6.13. The minimum absolute atomic E-state index is 0.157. The number of hydrogen-bond donors (Lipinski definition) is 3. The number of rotatable bonds is 8. The van der Waals surface area contributed by atoms with Gasteiger partial charge in [-0.3, -0.25) is 4.90 Å². The Labute approximate surface area is 179 Å². The molecular weight excluding hydrogens is 380 g/mol. The van der Waals surface area contributed by atoms with Gasteiger partial charge in [0.2, 0.25) is 0 Å². The summed E-state index contributed by atoms with van der Waals surface area (Å²) in [6.45, 7) is 13.4. The predicted octanol–water partition coefficient (Wildman–Crippen LogP) is 3.40. The second kappa shape index (κ2) is 9.71. The van der Waals surface area contributed by atoms with Crippen LogP contribution in [0, 0.1) is 20.8 Å². The van der Waals surface area contributed by atoms with Gasteiger partial charge in [-0.05, 0) is 78.7 Å². The van der Waals surface area contributed by atoms with Crippen molar-refractivity contribution >= 4 is 5.96 Å². The van der Waals surface area contributed by atoms with E-state index < -0.39 is 5.60 Å². The Morgan fingerprint density at radius 1 is 1.17 bits per heavy atom. The summed E-state index contributed by atoms with van der Waals surface area (Å²) in [5, 5.41) is 17.7. The summed E-state index contributed by atoms with van der Waals surface area (Å²) in [5.41, 5.74) is -0.322. The third-order valence-corrected chi connectivity index (χ3v) is 5.64. The van der Waals surface area contributed by atoms with E-state index in [1.807, 2.05) is 39.8 Å². The first-order valence-electron chi connectivity index (χ1n) is 10.9. The highest BCUT2D eigenvalue weighted by molar-refractivity contribution is 5.79. The smallest absolute Gasteiger partial charge is 0.191 e. The number of hydrogen-bond acceptors (Lipinski definition) is 5. The van der Waals surface area contributed by atoms with E-state index in [0.717, 1.165) is 48.2 Å². The van der Waals surface area contributed by atoms with Crippen LogP contribution in [0.5, 0.6) is 0 Å². The maximum Gasteiger partial charge on any atom is 0.191 e. The van der Waals surface area contributed by atoms with Gasteiger partial charge in [0.1, 0.15) is 28.6 Å². The fourth-order valence-corrected chi connectivity index (χ4v) is 4.11. The zero-order valence-electron chi connectivity index (χ0n) is 18.9. The van der Waals surface area contributed by atoms with E-state index >= 15 is 0 Å². The SMILES string of the molecule is CCNC(=NCC(C)(O)c1cc(C)oc1C)NCC(c1ccc(C)o1)N1CCCC1. The maximum absolute atomic E-state index is 11.0. The molecule has 1 aliphatic heterocycles. The van der Waals surface area contributed by atoms with Crippen LogP contribution in [0.15, 0.2) is 32.0 Å². The van der Waals surface area contributed by atoms with Crippen molar-refractivity contribution in [2.24, 2.45) is 4.99 Å². The maximum atomic E-state index is 11.0.